The van der Waals surface area contributed by atoms with Gasteiger partial charge in [0.15, 0.2) is 0 Å². The monoisotopic (exact) mass is 425 g/mol. The second-order valence-corrected chi connectivity index (χ2v) is 7.95. The minimum absolute atomic E-state index is 0.00229. The van der Waals surface area contributed by atoms with Crippen LogP contribution in [-0.2, 0) is 17.6 Å². The molecule has 0 aliphatic rings. The number of benzene rings is 3. The first-order chi connectivity index (χ1) is 15.7. The van der Waals surface area contributed by atoms with Crippen LogP contribution in [0.1, 0.15) is 31.2 Å². The highest BCUT2D eigenvalue weighted by Crippen LogP contribution is 2.23. The molecule has 0 aliphatic carbocycles. The Morgan fingerprint density at radius 1 is 0.844 bits per heavy atom. The lowest BCUT2D eigenvalue weighted by Crippen LogP contribution is -2.33. The number of carbonyl (C=O) groups excluding carboxylic acids is 1. The van der Waals surface area contributed by atoms with Crippen LogP contribution in [-0.4, -0.2) is 22.1 Å². The van der Waals surface area contributed by atoms with Crippen molar-refractivity contribution in [2.24, 2.45) is 0 Å². The van der Waals surface area contributed by atoms with Gasteiger partial charge in [0.2, 0.25) is 17.6 Å². The first-order valence-electron chi connectivity index (χ1n) is 11.0. The predicted octanol–water partition coefficient (Wildman–Crippen LogP) is 5.47. The number of hydrogen-bond acceptors (Lipinski definition) is 4. The van der Waals surface area contributed by atoms with E-state index in [0.29, 0.717) is 24.6 Å². The highest BCUT2D eigenvalue weighted by molar-refractivity contribution is 5.76. The Morgan fingerprint density at radius 3 is 2.19 bits per heavy atom. The van der Waals surface area contributed by atoms with Crippen molar-refractivity contribution < 1.29 is 9.32 Å². The molecular formula is C27H27N3O2. The lowest BCUT2D eigenvalue weighted by molar-refractivity contribution is -0.121. The smallest absolute Gasteiger partial charge is 0.227 e. The van der Waals surface area contributed by atoms with Crippen molar-refractivity contribution in [3.63, 3.8) is 0 Å². The van der Waals surface area contributed by atoms with Gasteiger partial charge in [-0.15, -0.1) is 0 Å². The number of carbonyl (C=O) groups is 1. The average Bonchev–Trinajstić information content (AvgIpc) is 3.32. The first kappa shape index (κ1) is 21.5. The molecule has 0 unspecified atom stereocenters. The van der Waals surface area contributed by atoms with Crippen LogP contribution in [0.2, 0.25) is 0 Å². The number of amides is 1. The summed E-state index contributed by atoms with van der Waals surface area (Å²) in [6.07, 6.45) is 2.59. The Hall–Kier alpha value is -3.73. The van der Waals surface area contributed by atoms with E-state index < -0.39 is 0 Å². The Bertz CT molecular complexity index is 1120. The maximum absolute atomic E-state index is 12.3. The van der Waals surface area contributed by atoms with Crippen LogP contribution < -0.4 is 5.32 Å². The summed E-state index contributed by atoms with van der Waals surface area (Å²) in [6, 6.07) is 28.7. The van der Waals surface area contributed by atoms with Gasteiger partial charge in [-0.05, 0) is 36.5 Å². The standard InChI is InChI=1S/C27H27N3O2/c1-20(12-13-21-8-4-2-5-9-21)28-25(31)18-19-26-29-27(30-32-26)24-16-14-23(15-17-24)22-10-6-3-7-11-22/h2-11,14-17,20H,12-13,18-19H2,1H3,(H,28,31)/t20-/m1/s1. The molecule has 0 saturated heterocycles. The highest BCUT2D eigenvalue weighted by atomic mass is 16.5. The normalized spacial score (nSPS) is 11.8. The van der Waals surface area contributed by atoms with Crippen LogP contribution >= 0.6 is 0 Å². The minimum Gasteiger partial charge on any atom is -0.354 e. The lowest BCUT2D eigenvalue weighted by atomic mass is 10.0. The molecule has 0 saturated carbocycles. The van der Waals surface area contributed by atoms with E-state index in [2.05, 4.69) is 39.7 Å². The van der Waals surface area contributed by atoms with Crippen molar-refractivity contribution in [2.75, 3.05) is 0 Å². The molecule has 3 aromatic carbocycles. The third-order valence-electron chi connectivity index (χ3n) is 5.40. The quantitative estimate of drug-likeness (QED) is 0.386. The molecule has 4 aromatic rings. The van der Waals surface area contributed by atoms with E-state index in [0.717, 1.165) is 29.5 Å². The van der Waals surface area contributed by atoms with Gasteiger partial charge in [-0.25, -0.2) is 0 Å². The fourth-order valence-corrected chi connectivity index (χ4v) is 3.58. The Kier molecular flexibility index (Phi) is 7.08. The fraction of sp³-hybridized carbons (Fsp3) is 0.222. The molecule has 0 aliphatic heterocycles. The molecular weight excluding hydrogens is 398 g/mol. The molecule has 0 fully saturated rings. The summed E-state index contributed by atoms with van der Waals surface area (Å²) < 4.78 is 5.35. The van der Waals surface area contributed by atoms with Gasteiger partial charge in [0.1, 0.15) is 0 Å². The van der Waals surface area contributed by atoms with Crippen LogP contribution in [0, 0.1) is 0 Å². The van der Waals surface area contributed by atoms with Gasteiger partial charge >= 0.3 is 0 Å². The van der Waals surface area contributed by atoms with E-state index in [9.17, 15) is 4.79 Å². The van der Waals surface area contributed by atoms with Crippen molar-refractivity contribution in [1.82, 2.24) is 15.5 Å². The third kappa shape index (κ3) is 5.91. The fourth-order valence-electron chi connectivity index (χ4n) is 3.58. The van der Waals surface area contributed by atoms with Gasteiger partial charge in [0.25, 0.3) is 0 Å². The predicted molar refractivity (Wildman–Crippen MR) is 126 cm³/mol. The Balaban J connectivity index is 1.25. The number of rotatable bonds is 9. The molecule has 1 atom stereocenters. The van der Waals surface area contributed by atoms with Crippen LogP contribution in [0.3, 0.4) is 0 Å². The zero-order valence-electron chi connectivity index (χ0n) is 18.2. The number of aromatic nitrogens is 2. The third-order valence-corrected chi connectivity index (χ3v) is 5.40. The molecule has 1 N–H and O–H groups in total. The van der Waals surface area contributed by atoms with Crippen molar-refractivity contribution in [1.29, 1.82) is 0 Å². The first-order valence-corrected chi connectivity index (χ1v) is 11.0. The number of nitrogens with zero attached hydrogens (tertiary/aromatic N) is 2. The van der Waals surface area contributed by atoms with Crippen LogP contribution in [0.25, 0.3) is 22.5 Å². The second-order valence-electron chi connectivity index (χ2n) is 7.95. The van der Waals surface area contributed by atoms with Gasteiger partial charge in [-0.2, -0.15) is 4.98 Å². The summed E-state index contributed by atoms with van der Waals surface area (Å²) >= 11 is 0. The SMILES string of the molecule is C[C@H](CCc1ccccc1)NC(=O)CCc1nc(-c2ccc(-c3ccccc3)cc2)no1. The molecule has 32 heavy (non-hydrogen) atoms. The highest BCUT2D eigenvalue weighted by Gasteiger charge is 2.12. The van der Waals surface area contributed by atoms with E-state index in [1.807, 2.05) is 67.6 Å². The number of hydrogen-bond donors (Lipinski definition) is 1. The Labute approximate surface area is 188 Å². The molecule has 4 rings (SSSR count). The molecule has 0 spiro atoms. The van der Waals surface area contributed by atoms with E-state index >= 15 is 0 Å². The molecule has 5 nitrogen and oxygen atoms in total. The molecule has 1 heterocycles. The van der Waals surface area contributed by atoms with Crippen LogP contribution in [0.15, 0.2) is 89.5 Å². The molecule has 0 radical (unpaired) electrons. The Morgan fingerprint density at radius 2 is 1.47 bits per heavy atom. The molecule has 1 amide bonds. The van der Waals surface area contributed by atoms with E-state index in [4.69, 9.17) is 4.52 Å². The second kappa shape index (κ2) is 10.5. The van der Waals surface area contributed by atoms with E-state index in [-0.39, 0.29) is 11.9 Å². The van der Waals surface area contributed by atoms with E-state index in [1.54, 1.807) is 0 Å². The number of nitrogens with one attached hydrogen (secondary N) is 1. The summed E-state index contributed by atoms with van der Waals surface area (Å²) in [5, 5.41) is 7.12. The van der Waals surface area contributed by atoms with Gasteiger partial charge in [-0.3, -0.25) is 4.79 Å². The van der Waals surface area contributed by atoms with Gasteiger partial charge in [-0.1, -0.05) is 90.1 Å². The zero-order chi connectivity index (χ0) is 22.2. The van der Waals surface area contributed by atoms with Crippen LogP contribution in [0.4, 0.5) is 0 Å². The molecule has 1 aromatic heterocycles. The van der Waals surface area contributed by atoms with Crippen molar-refractivity contribution in [3.05, 3.63) is 96.4 Å². The largest absolute Gasteiger partial charge is 0.354 e. The van der Waals surface area contributed by atoms with Crippen molar-refractivity contribution in [2.45, 2.75) is 38.6 Å². The van der Waals surface area contributed by atoms with E-state index in [1.165, 1.54) is 5.56 Å². The zero-order valence-corrected chi connectivity index (χ0v) is 18.2. The van der Waals surface area contributed by atoms with Crippen molar-refractivity contribution in [3.8, 4) is 22.5 Å². The summed E-state index contributed by atoms with van der Waals surface area (Å²) in [6.45, 7) is 2.03. The number of aryl methyl sites for hydroxylation is 2. The summed E-state index contributed by atoms with van der Waals surface area (Å²) in [5.41, 5.74) is 4.47. The van der Waals surface area contributed by atoms with Crippen molar-refractivity contribution >= 4 is 5.91 Å². The summed E-state index contributed by atoms with van der Waals surface area (Å²) in [7, 11) is 0. The molecule has 162 valence electrons. The molecule has 0 bridgehead atoms. The summed E-state index contributed by atoms with van der Waals surface area (Å²) in [5.74, 6) is 1.01. The van der Waals surface area contributed by atoms with Gasteiger partial charge < -0.3 is 9.84 Å². The van der Waals surface area contributed by atoms with Gasteiger partial charge in [0, 0.05) is 24.4 Å². The van der Waals surface area contributed by atoms with Gasteiger partial charge in [0.05, 0.1) is 0 Å². The summed E-state index contributed by atoms with van der Waals surface area (Å²) in [4.78, 5) is 16.7. The minimum atomic E-state index is -0.00229. The molecule has 5 heteroatoms. The maximum atomic E-state index is 12.3. The maximum Gasteiger partial charge on any atom is 0.227 e. The lowest BCUT2D eigenvalue weighted by Gasteiger charge is -2.13. The van der Waals surface area contributed by atoms with Crippen LogP contribution in [0.5, 0.6) is 0 Å². The average molecular weight is 426 g/mol. The topological polar surface area (TPSA) is 68.0 Å².